The Balaban J connectivity index is 1.78. The van der Waals surface area contributed by atoms with E-state index in [9.17, 15) is 9.28 Å². The standard InChI is InChI=1S/C18H18FN4O3/c1-12-13-5-3-4-6-15(13)25-10-8-22(2)18(24)14-11-20-23(19)9-7-16(26-12)21-17(14)23/h3-7,9,11-12H,8,10H2,1-2H3/q+1. The van der Waals surface area contributed by atoms with Crippen LogP contribution in [0, 0.1) is 0 Å². The summed E-state index contributed by atoms with van der Waals surface area (Å²) in [5.41, 5.74) is 0.949. The third-order valence-electron chi connectivity index (χ3n) is 4.44. The van der Waals surface area contributed by atoms with E-state index in [0.717, 1.165) is 5.56 Å². The fraction of sp³-hybridized carbons (Fsp3) is 0.278. The van der Waals surface area contributed by atoms with Gasteiger partial charge in [-0.25, -0.2) is 0 Å². The zero-order valence-corrected chi connectivity index (χ0v) is 14.4. The molecule has 0 N–H and O–H groups in total. The molecule has 2 atom stereocenters. The number of halogens is 1. The van der Waals surface area contributed by atoms with Crippen LogP contribution in [0.2, 0.25) is 0 Å². The van der Waals surface area contributed by atoms with Crippen LogP contribution in [0.25, 0.3) is 0 Å². The molecule has 4 rings (SSSR count). The molecule has 0 fully saturated rings. The lowest BCUT2D eigenvalue weighted by Crippen LogP contribution is -2.34. The fourth-order valence-corrected chi connectivity index (χ4v) is 2.98. The van der Waals surface area contributed by atoms with Crippen molar-refractivity contribution in [2.75, 3.05) is 20.2 Å². The van der Waals surface area contributed by atoms with Gasteiger partial charge in [-0.1, -0.05) is 18.2 Å². The number of carbonyl (C=O) groups excluding carboxylic acids is 1. The van der Waals surface area contributed by atoms with Crippen LogP contribution in [0.4, 0.5) is 4.48 Å². The van der Waals surface area contributed by atoms with Crippen LogP contribution in [0.5, 0.6) is 5.75 Å². The molecule has 0 aromatic heterocycles. The highest BCUT2D eigenvalue weighted by molar-refractivity contribution is 6.13. The number of fused-ring (bicyclic) bond motifs is 1. The predicted octanol–water partition coefficient (Wildman–Crippen LogP) is 2.45. The molecule has 26 heavy (non-hydrogen) atoms. The van der Waals surface area contributed by atoms with Crippen LogP contribution in [0.3, 0.4) is 0 Å². The number of hydrogen-bond donors (Lipinski definition) is 0. The largest absolute Gasteiger partial charge is 0.491 e. The molecule has 2 unspecified atom stereocenters. The summed E-state index contributed by atoms with van der Waals surface area (Å²) in [6.07, 6.45) is 3.46. The van der Waals surface area contributed by atoms with Crippen LogP contribution >= 0.6 is 0 Å². The Kier molecular flexibility index (Phi) is 3.84. The van der Waals surface area contributed by atoms with Crippen molar-refractivity contribution in [3.8, 4) is 5.75 Å². The van der Waals surface area contributed by atoms with Gasteiger partial charge in [0.15, 0.2) is 11.8 Å². The lowest BCUT2D eigenvalue weighted by molar-refractivity contribution is -0.987. The summed E-state index contributed by atoms with van der Waals surface area (Å²) in [7, 11) is 1.63. The molecule has 134 valence electrons. The third-order valence-corrected chi connectivity index (χ3v) is 4.44. The first kappa shape index (κ1) is 16.5. The minimum Gasteiger partial charge on any atom is -0.491 e. The molecule has 1 aromatic rings. The van der Waals surface area contributed by atoms with Crippen molar-refractivity contribution in [3.05, 3.63) is 53.5 Å². The van der Waals surface area contributed by atoms with Crippen molar-refractivity contribution in [1.82, 2.24) is 4.90 Å². The van der Waals surface area contributed by atoms with Crippen molar-refractivity contribution in [2.45, 2.75) is 13.0 Å². The number of para-hydroxylation sites is 1. The van der Waals surface area contributed by atoms with E-state index in [-0.39, 0.29) is 29.3 Å². The normalized spacial score (nSPS) is 27.7. The zero-order chi connectivity index (χ0) is 18.3. The number of carbonyl (C=O) groups is 1. The van der Waals surface area contributed by atoms with Crippen LogP contribution in [-0.4, -0.2) is 47.9 Å². The van der Waals surface area contributed by atoms with Gasteiger partial charge in [0.2, 0.25) is 5.90 Å². The lowest BCUT2D eigenvalue weighted by Gasteiger charge is -2.20. The molecule has 1 aromatic carbocycles. The lowest BCUT2D eigenvalue weighted by atomic mass is 10.1. The highest BCUT2D eigenvalue weighted by atomic mass is 19.2. The number of rotatable bonds is 0. The number of nitrogens with zero attached hydrogens (tertiary/aromatic N) is 4. The second-order valence-corrected chi connectivity index (χ2v) is 6.22. The molecule has 2 bridgehead atoms. The van der Waals surface area contributed by atoms with Crippen LogP contribution in [0.1, 0.15) is 18.6 Å². The number of quaternary nitrogens is 1. The molecule has 3 aliphatic heterocycles. The maximum atomic E-state index is 14.9. The molecule has 3 heterocycles. The Labute approximate surface area is 149 Å². The van der Waals surface area contributed by atoms with Gasteiger partial charge in [0, 0.05) is 17.1 Å². The fourth-order valence-electron chi connectivity index (χ4n) is 2.98. The highest BCUT2D eigenvalue weighted by Gasteiger charge is 2.46. The van der Waals surface area contributed by atoms with Gasteiger partial charge in [-0.2, -0.15) is 4.99 Å². The van der Waals surface area contributed by atoms with E-state index in [1.165, 1.54) is 23.4 Å². The molecular weight excluding hydrogens is 339 g/mol. The van der Waals surface area contributed by atoms with Gasteiger partial charge in [-0.15, -0.1) is 0 Å². The smallest absolute Gasteiger partial charge is 0.317 e. The van der Waals surface area contributed by atoms with Crippen molar-refractivity contribution in [1.29, 1.82) is 0 Å². The molecule has 0 saturated heterocycles. The minimum absolute atomic E-state index is 0.0972. The minimum atomic E-state index is -1.39. The molecule has 0 aliphatic carbocycles. The zero-order valence-electron chi connectivity index (χ0n) is 14.4. The number of aliphatic imine (C=N–C) groups is 1. The highest BCUT2D eigenvalue weighted by Crippen LogP contribution is 2.35. The number of benzene rings is 1. The average molecular weight is 357 g/mol. The van der Waals surface area contributed by atoms with E-state index in [4.69, 9.17) is 9.47 Å². The van der Waals surface area contributed by atoms with Crippen molar-refractivity contribution in [2.24, 2.45) is 10.1 Å². The van der Waals surface area contributed by atoms with Crippen molar-refractivity contribution >= 4 is 18.0 Å². The Morgan fingerprint density at radius 2 is 2.15 bits per heavy atom. The van der Waals surface area contributed by atoms with Crippen molar-refractivity contribution in [3.63, 3.8) is 0 Å². The molecule has 3 aliphatic rings. The first-order chi connectivity index (χ1) is 12.5. The molecule has 0 radical (unpaired) electrons. The first-order valence-corrected chi connectivity index (χ1v) is 8.28. The topological polar surface area (TPSA) is 63.5 Å². The van der Waals surface area contributed by atoms with E-state index >= 15 is 0 Å². The van der Waals surface area contributed by atoms with Crippen LogP contribution in [0.15, 0.2) is 58.0 Å². The first-order valence-electron chi connectivity index (χ1n) is 8.28. The molecule has 8 heteroatoms. The molecule has 0 spiro atoms. The maximum absolute atomic E-state index is 14.9. The van der Waals surface area contributed by atoms with E-state index in [2.05, 4.69) is 10.1 Å². The number of likely N-dealkylation sites (N-methyl/N-ethyl adjacent to an activating group) is 1. The second kappa shape index (κ2) is 6.06. The Morgan fingerprint density at radius 1 is 1.35 bits per heavy atom. The predicted molar refractivity (Wildman–Crippen MR) is 92.5 cm³/mol. The maximum Gasteiger partial charge on any atom is 0.317 e. The quantitative estimate of drug-likeness (QED) is 0.670. The summed E-state index contributed by atoms with van der Waals surface area (Å²) >= 11 is 0. The average Bonchev–Trinajstić information content (AvgIpc) is 2.97. The number of amides is 1. The van der Waals surface area contributed by atoms with Gasteiger partial charge in [0.25, 0.3) is 5.91 Å². The van der Waals surface area contributed by atoms with Gasteiger partial charge in [0.1, 0.15) is 24.7 Å². The summed E-state index contributed by atoms with van der Waals surface area (Å²) in [6, 6.07) is 7.52. The van der Waals surface area contributed by atoms with Crippen molar-refractivity contribution < 1.29 is 23.6 Å². The number of hydrogen-bond acceptors (Lipinski definition) is 5. The second-order valence-electron chi connectivity index (χ2n) is 6.22. The monoisotopic (exact) mass is 357 g/mol. The Hall–Kier alpha value is -3.00. The summed E-state index contributed by atoms with van der Waals surface area (Å²) in [6.45, 7) is 2.50. The van der Waals surface area contributed by atoms with Gasteiger partial charge >= 0.3 is 5.82 Å². The van der Waals surface area contributed by atoms with Gasteiger partial charge in [-0.3, -0.25) is 4.79 Å². The summed E-state index contributed by atoms with van der Waals surface area (Å²) in [5.74, 6) is 0.425. The Bertz CT molecular complexity index is 892. The Morgan fingerprint density at radius 3 is 3.00 bits per heavy atom. The third kappa shape index (κ3) is 2.68. The van der Waals surface area contributed by atoms with E-state index in [1.54, 1.807) is 7.05 Å². The van der Waals surface area contributed by atoms with E-state index in [0.29, 0.717) is 18.9 Å². The summed E-state index contributed by atoms with van der Waals surface area (Å²) in [4.78, 5) is 17.0. The van der Waals surface area contributed by atoms with E-state index < -0.39 is 4.81 Å². The molecule has 1 amide bonds. The summed E-state index contributed by atoms with van der Waals surface area (Å²) < 4.78 is 26.6. The molecular formula is C18H18FN4O3+. The molecule has 7 nitrogen and oxygen atoms in total. The van der Waals surface area contributed by atoms with Gasteiger partial charge in [-0.05, 0) is 18.1 Å². The van der Waals surface area contributed by atoms with Crippen LogP contribution < -0.4 is 4.74 Å². The van der Waals surface area contributed by atoms with Crippen LogP contribution in [-0.2, 0) is 9.53 Å². The SMILES string of the molecule is CC1OC2=NC3=C(C=N[N+]3(F)C=C2)C(=O)N(C)CCOc2ccccc21. The number of ether oxygens (including phenoxy) is 2. The molecule has 0 saturated carbocycles. The van der Waals surface area contributed by atoms with Gasteiger partial charge < -0.3 is 14.4 Å². The van der Waals surface area contributed by atoms with E-state index in [1.807, 2.05) is 31.2 Å². The summed E-state index contributed by atoms with van der Waals surface area (Å²) in [5, 5.41) is 3.76. The van der Waals surface area contributed by atoms with Gasteiger partial charge in [0.05, 0.1) is 17.4 Å².